The van der Waals surface area contributed by atoms with E-state index in [-0.39, 0.29) is 35.8 Å². The third kappa shape index (κ3) is 3.86. The van der Waals surface area contributed by atoms with Gasteiger partial charge in [-0.1, -0.05) is 29.5 Å². The molecule has 1 amide bonds. The number of carbonyl (C=O) groups is 1. The summed E-state index contributed by atoms with van der Waals surface area (Å²) >= 11 is 0. The Morgan fingerprint density at radius 2 is 1.93 bits per heavy atom. The summed E-state index contributed by atoms with van der Waals surface area (Å²) in [6, 6.07) is 11.7. The quantitative estimate of drug-likeness (QED) is 0.557. The van der Waals surface area contributed by atoms with Gasteiger partial charge in [0.05, 0.1) is 12.2 Å². The lowest BCUT2D eigenvalue weighted by molar-refractivity contribution is -0.116. The average molecular weight is 396 g/mol. The second-order valence-electron chi connectivity index (χ2n) is 6.25. The Bertz CT molecular complexity index is 1270. The fraction of sp³-hybridized carbons (Fsp3) is 0.105. The Labute approximate surface area is 162 Å². The smallest absolute Gasteiger partial charge is 0.283 e. The molecule has 0 fully saturated rings. The van der Waals surface area contributed by atoms with Crippen LogP contribution in [0.3, 0.4) is 0 Å². The number of hydrogen-bond acceptors (Lipinski definition) is 5. The average Bonchev–Trinajstić information content (AvgIpc) is 3.09. The lowest BCUT2D eigenvalue weighted by Crippen LogP contribution is -2.28. The summed E-state index contributed by atoms with van der Waals surface area (Å²) in [5, 5.41) is 10.1. The number of aromatic nitrogens is 5. The predicted molar refractivity (Wildman–Crippen MR) is 100 cm³/mol. The van der Waals surface area contributed by atoms with E-state index in [9.17, 15) is 18.4 Å². The van der Waals surface area contributed by atoms with Crippen LogP contribution in [0.2, 0.25) is 0 Å². The van der Waals surface area contributed by atoms with Gasteiger partial charge >= 0.3 is 0 Å². The molecular weight excluding hydrogens is 382 g/mol. The minimum absolute atomic E-state index is 0.0145. The number of nitrogens with zero attached hydrogens (tertiary/aromatic N) is 5. The highest BCUT2D eigenvalue weighted by molar-refractivity contribution is 5.90. The Morgan fingerprint density at radius 1 is 1.10 bits per heavy atom. The number of fused-ring (bicyclic) bond motifs is 1. The highest BCUT2D eigenvalue weighted by Gasteiger charge is 2.15. The van der Waals surface area contributed by atoms with Gasteiger partial charge in [0.1, 0.15) is 24.5 Å². The second-order valence-corrected chi connectivity index (χ2v) is 6.25. The summed E-state index contributed by atoms with van der Waals surface area (Å²) in [7, 11) is 0. The minimum atomic E-state index is -0.592. The fourth-order valence-electron chi connectivity index (χ4n) is 2.82. The van der Waals surface area contributed by atoms with Crippen molar-refractivity contribution in [1.29, 1.82) is 0 Å². The monoisotopic (exact) mass is 396 g/mol. The number of amides is 1. The van der Waals surface area contributed by atoms with E-state index < -0.39 is 17.3 Å². The van der Waals surface area contributed by atoms with Gasteiger partial charge in [-0.2, -0.15) is 0 Å². The van der Waals surface area contributed by atoms with Crippen LogP contribution in [0.5, 0.6) is 0 Å². The van der Waals surface area contributed by atoms with Crippen LogP contribution in [0.15, 0.2) is 59.7 Å². The summed E-state index contributed by atoms with van der Waals surface area (Å²) in [6.07, 6.45) is 1.19. The lowest BCUT2D eigenvalue weighted by atomic mass is 10.2. The molecule has 1 N–H and O–H groups in total. The van der Waals surface area contributed by atoms with Crippen LogP contribution in [-0.4, -0.2) is 30.5 Å². The van der Waals surface area contributed by atoms with Gasteiger partial charge < -0.3 is 5.32 Å². The predicted octanol–water partition coefficient (Wildman–Crippen LogP) is 1.95. The Kier molecular flexibility index (Phi) is 4.82. The third-order valence-corrected chi connectivity index (χ3v) is 4.18. The van der Waals surface area contributed by atoms with E-state index >= 15 is 0 Å². The molecule has 0 radical (unpaired) electrons. The molecule has 146 valence electrons. The van der Waals surface area contributed by atoms with Crippen molar-refractivity contribution < 1.29 is 13.6 Å². The number of carbonyl (C=O) groups excluding carboxylic acids is 1. The minimum Gasteiger partial charge on any atom is -0.322 e. The van der Waals surface area contributed by atoms with E-state index in [4.69, 9.17) is 0 Å². The lowest BCUT2D eigenvalue weighted by Gasteiger charge is -2.08. The molecule has 2 aromatic heterocycles. The number of para-hydroxylation sites is 1. The first-order valence-electron chi connectivity index (χ1n) is 8.59. The molecular formula is C19H14F2N6O2. The number of halogens is 2. The topological polar surface area (TPSA) is 94.7 Å². The van der Waals surface area contributed by atoms with Crippen LogP contribution >= 0.6 is 0 Å². The molecule has 0 spiro atoms. The van der Waals surface area contributed by atoms with E-state index in [2.05, 4.69) is 20.6 Å². The summed E-state index contributed by atoms with van der Waals surface area (Å²) in [6.45, 7) is -0.189. The molecule has 4 aromatic rings. The molecule has 2 heterocycles. The number of hydrogen-bond donors (Lipinski definition) is 1. The van der Waals surface area contributed by atoms with Crippen molar-refractivity contribution >= 4 is 22.8 Å². The largest absolute Gasteiger partial charge is 0.322 e. The molecule has 4 rings (SSSR count). The van der Waals surface area contributed by atoms with E-state index in [1.165, 1.54) is 41.3 Å². The highest BCUT2D eigenvalue weighted by Crippen LogP contribution is 2.12. The number of nitrogens with one attached hydrogen (secondary N) is 1. The maximum Gasteiger partial charge on any atom is 0.283 e. The second kappa shape index (κ2) is 7.58. The molecule has 0 aliphatic rings. The van der Waals surface area contributed by atoms with E-state index in [1.54, 1.807) is 18.2 Å². The highest BCUT2D eigenvalue weighted by atomic mass is 19.1. The van der Waals surface area contributed by atoms with Gasteiger partial charge in [0, 0.05) is 0 Å². The molecule has 0 aliphatic heterocycles. The number of benzene rings is 2. The van der Waals surface area contributed by atoms with Crippen LogP contribution in [0.1, 0.15) is 5.56 Å². The van der Waals surface area contributed by atoms with E-state index in [1.807, 2.05) is 0 Å². The van der Waals surface area contributed by atoms with Crippen molar-refractivity contribution in [3.63, 3.8) is 0 Å². The van der Waals surface area contributed by atoms with Crippen molar-refractivity contribution in [3.05, 3.63) is 82.4 Å². The van der Waals surface area contributed by atoms with Crippen molar-refractivity contribution in [2.75, 3.05) is 5.32 Å². The van der Waals surface area contributed by atoms with Crippen molar-refractivity contribution in [2.24, 2.45) is 0 Å². The summed E-state index contributed by atoms with van der Waals surface area (Å²) in [5.74, 6) is -1.56. The van der Waals surface area contributed by atoms with Crippen molar-refractivity contribution in [2.45, 2.75) is 13.1 Å². The van der Waals surface area contributed by atoms with Gasteiger partial charge in [-0.15, -0.1) is 5.10 Å². The zero-order chi connectivity index (χ0) is 20.4. The first-order valence-corrected chi connectivity index (χ1v) is 8.59. The molecule has 0 unspecified atom stereocenters. The normalized spacial score (nSPS) is 11.0. The van der Waals surface area contributed by atoms with Crippen LogP contribution in [0.25, 0.3) is 11.2 Å². The first-order chi connectivity index (χ1) is 14.0. The molecule has 2 aromatic carbocycles. The Morgan fingerprint density at radius 3 is 2.72 bits per heavy atom. The van der Waals surface area contributed by atoms with Gasteiger partial charge in [-0.25, -0.2) is 18.4 Å². The fourth-order valence-corrected chi connectivity index (χ4v) is 2.82. The molecule has 0 atom stereocenters. The van der Waals surface area contributed by atoms with Crippen LogP contribution in [0.4, 0.5) is 14.5 Å². The summed E-state index contributed by atoms with van der Waals surface area (Å²) < 4.78 is 29.4. The van der Waals surface area contributed by atoms with Gasteiger partial charge in [0.2, 0.25) is 5.91 Å². The molecule has 0 aliphatic carbocycles. The molecule has 0 bridgehead atoms. The Hall–Kier alpha value is -3.95. The van der Waals surface area contributed by atoms with Gasteiger partial charge in [0.15, 0.2) is 11.2 Å². The maximum atomic E-state index is 13.6. The molecule has 29 heavy (non-hydrogen) atoms. The standard InChI is InChI=1S/C19H14F2N6O2/c20-13-5-3-4-12(8-13)9-27-18-17(24-25-27)19(29)26(11-22-18)10-16(28)23-15-7-2-1-6-14(15)21/h1-8,11H,9-10H2,(H,23,28). The Balaban J connectivity index is 1.56. The van der Waals surface area contributed by atoms with Crippen molar-refractivity contribution in [3.8, 4) is 0 Å². The zero-order valence-electron chi connectivity index (χ0n) is 14.9. The van der Waals surface area contributed by atoms with Gasteiger partial charge in [-0.3, -0.25) is 14.2 Å². The zero-order valence-corrected chi connectivity index (χ0v) is 14.9. The number of rotatable bonds is 5. The van der Waals surface area contributed by atoms with Gasteiger partial charge in [-0.05, 0) is 29.8 Å². The van der Waals surface area contributed by atoms with Crippen LogP contribution in [0, 0.1) is 11.6 Å². The maximum absolute atomic E-state index is 13.6. The summed E-state index contributed by atoms with van der Waals surface area (Å²) in [4.78, 5) is 28.9. The van der Waals surface area contributed by atoms with Crippen molar-refractivity contribution in [1.82, 2.24) is 24.5 Å². The van der Waals surface area contributed by atoms with Gasteiger partial charge in [0.25, 0.3) is 5.56 Å². The van der Waals surface area contributed by atoms with Crippen LogP contribution in [-0.2, 0) is 17.9 Å². The SMILES string of the molecule is O=C(Cn1cnc2c(nnn2Cc2cccc(F)c2)c1=O)Nc1ccccc1F. The van der Waals surface area contributed by atoms with Crippen LogP contribution < -0.4 is 10.9 Å². The summed E-state index contributed by atoms with van der Waals surface area (Å²) in [5.41, 5.74) is 0.268. The van der Waals surface area contributed by atoms with E-state index in [0.29, 0.717) is 5.56 Å². The molecule has 8 nitrogen and oxygen atoms in total. The third-order valence-electron chi connectivity index (χ3n) is 4.18. The van der Waals surface area contributed by atoms with E-state index in [0.717, 1.165) is 4.57 Å². The molecule has 0 saturated carbocycles. The number of anilines is 1. The molecule has 10 heteroatoms. The molecule has 0 saturated heterocycles. The first kappa shape index (κ1) is 18.4.